The molecule has 0 aromatic heterocycles. The van der Waals surface area contributed by atoms with Gasteiger partial charge in [-0.05, 0) is 68.5 Å². The van der Waals surface area contributed by atoms with Crippen molar-refractivity contribution >= 4 is 17.7 Å². The summed E-state index contributed by atoms with van der Waals surface area (Å²) in [5, 5.41) is 2.72. The Morgan fingerprint density at radius 1 is 1.03 bits per heavy atom. The molecule has 3 amide bonds. The van der Waals surface area contributed by atoms with Gasteiger partial charge in [0.15, 0.2) is 18.1 Å². The van der Waals surface area contributed by atoms with Gasteiger partial charge in [0.05, 0.1) is 12.5 Å². The van der Waals surface area contributed by atoms with Crippen molar-refractivity contribution in [1.29, 1.82) is 0 Å². The van der Waals surface area contributed by atoms with Crippen molar-refractivity contribution in [1.82, 2.24) is 10.2 Å². The summed E-state index contributed by atoms with van der Waals surface area (Å²) in [6, 6.07) is 10.5. The van der Waals surface area contributed by atoms with Crippen LogP contribution in [-0.4, -0.2) is 55.5 Å². The number of halogens is 1. The number of nitrogens with two attached hydrogens (primary N) is 1. The van der Waals surface area contributed by atoms with E-state index in [1.165, 1.54) is 12.1 Å². The molecule has 1 heterocycles. The number of primary amides is 1. The molecule has 188 valence electrons. The lowest BCUT2D eigenvalue weighted by molar-refractivity contribution is -0.134. The van der Waals surface area contributed by atoms with Crippen molar-refractivity contribution in [3.63, 3.8) is 0 Å². The van der Waals surface area contributed by atoms with E-state index >= 15 is 0 Å². The van der Waals surface area contributed by atoms with Gasteiger partial charge in [0.1, 0.15) is 5.82 Å². The molecule has 1 atom stereocenters. The Balaban J connectivity index is 1.60. The molecule has 3 N–H and O–H groups in total. The molecule has 1 fully saturated rings. The number of amides is 3. The predicted octanol–water partition coefficient (Wildman–Crippen LogP) is 2.69. The largest absolute Gasteiger partial charge is 0.490 e. The first-order valence-electron chi connectivity index (χ1n) is 11.9. The molecule has 0 bridgehead atoms. The Morgan fingerprint density at radius 2 is 1.74 bits per heavy atom. The third-order valence-electron chi connectivity index (χ3n) is 5.87. The first-order valence-corrected chi connectivity index (χ1v) is 11.9. The summed E-state index contributed by atoms with van der Waals surface area (Å²) in [7, 11) is 0. The minimum atomic E-state index is -0.654. The SMILES string of the molecule is CCOc1cc(C(=O)NCC(Cc2ccc(F)cc2)C(N)=O)ccc1OCC(=O)N1CCCCC1. The topological polar surface area (TPSA) is 111 Å². The number of likely N-dealkylation sites (tertiary alicyclic amines) is 1. The molecule has 9 heteroatoms. The average Bonchev–Trinajstić information content (AvgIpc) is 2.87. The summed E-state index contributed by atoms with van der Waals surface area (Å²) in [5.74, 6) is -1.35. The second-order valence-corrected chi connectivity index (χ2v) is 8.46. The number of nitrogens with zero attached hydrogens (tertiary/aromatic N) is 1. The van der Waals surface area contributed by atoms with Crippen molar-refractivity contribution in [2.75, 3.05) is 32.8 Å². The van der Waals surface area contributed by atoms with Crippen molar-refractivity contribution < 1.29 is 28.2 Å². The standard InChI is InChI=1S/C26H32FN3O5/c1-2-34-23-15-19(8-11-22(23)35-17-24(31)30-12-4-3-5-13-30)26(33)29-16-20(25(28)32)14-18-6-9-21(27)10-7-18/h6-11,15,20H,2-5,12-14,16-17H2,1H3,(H2,28,32)(H,29,33). The second kappa shape index (κ2) is 12.7. The minimum absolute atomic E-state index is 0.0259. The lowest BCUT2D eigenvalue weighted by Gasteiger charge is -2.26. The third-order valence-corrected chi connectivity index (χ3v) is 5.87. The van der Waals surface area contributed by atoms with Gasteiger partial charge in [-0.1, -0.05) is 12.1 Å². The van der Waals surface area contributed by atoms with Gasteiger partial charge < -0.3 is 25.4 Å². The molecule has 0 aliphatic carbocycles. The number of carbonyl (C=O) groups excluding carboxylic acids is 3. The van der Waals surface area contributed by atoms with E-state index in [0.29, 0.717) is 23.7 Å². The Morgan fingerprint density at radius 3 is 2.40 bits per heavy atom. The summed E-state index contributed by atoms with van der Waals surface area (Å²) in [5.41, 5.74) is 6.56. The van der Waals surface area contributed by atoms with Gasteiger partial charge in [0.2, 0.25) is 5.91 Å². The van der Waals surface area contributed by atoms with Gasteiger partial charge in [-0.3, -0.25) is 14.4 Å². The van der Waals surface area contributed by atoms with Gasteiger partial charge in [-0.2, -0.15) is 0 Å². The van der Waals surface area contributed by atoms with Crippen LogP contribution in [0.3, 0.4) is 0 Å². The van der Waals surface area contributed by atoms with Crippen LogP contribution in [0.25, 0.3) is 0 Å². The predicted molar refractivity (Wildman–Crippen MR) is 129 cm³/mol. The number of piperidine rings is 1. The fourth-order valence-electron chi connectivity index (χ4n) is 3.91. The van der Waals surface area contributed by atoms with Gasteiger partial charge in [0, 0.05) is 25.2 Å². The van der Waals surface area contributed by atoms with Crippen LogP contribution in [0.1, 0.15) is 42.1 Å². The molecule has 2 aromatic carbocycles. The van der Waals surface area contributed by atoms with E-state index in [9.17, 15) is 18.8 Å². The van der Waals surface area contributed by atoms with E-state index in [-0.39, 0.29) is 31.3 Å². The second-order valence-electron chi connectivity index (χ2n) is 8.46. The molecule has 0 saturated carbocycles. The van der Waals surface area contributed by atoms with Gasteiger partial charge in [-0.15, -0.1) is 0 Å². The van der Waals surface area contributed by atoms with Crippen LogP contribution in [0, 0.1) is 11.7 Å². The number of ether oxygens (including phenoxy) is 2. The molecule has 2 aromatic rings. The molecule has 1 aliphatic rings. The summed E-state index contributed by atoms with van der Waals surface area (Å²) in [4.78, 5) is 38.8. The zero-order chi connectivity index (χ0) is 25.2. The Bertz CT molecular complexity index is 1020. The Labute approximate surface area is 204 Å². The van der Waals surface area contributed by atoms with Crippen LogP contribution in [0.2, 0.25) is 0 Å². The van der Waals surface area contributed by atoms with E-state index in [1.54, 1.807) is 35.2 Å². The molecule has 1 unspecified atom stereocenters. The smallest absolute Gasteiger partial charge is 0.260 e. The molecular formula is C26H32FN3O5. The maximum atomic E-state index is 13.1. The zero-order valence-electron chi connectivity index (χ0n) is 19.9. The summed E-state index contributed by atoms with van der Waals surface area (Å²) in [6.45, 7) is 3.57. The monoisotopic (exact) mass is 485 g/mol. The normalized spacial score (nSPS) is 14.2. The van der Waals surface area contributed by atoms with E-state index in [4.69, 9.17) is 15.2 Å². The van der Waals surface area contributed by atoms with Crippen molar-refractivity contribution in [2.24, 2.45) is 11.7 Å². The molecule has 1 saturated heterocycles. The fraction of sp³-hybridized carbons (Fsp3) is 0.423. The highest BCUT2D eigenvalue weighted by Crippen LogP contribution is 2.29. The third kappa shape index (κ3) is 7.70. The lowest BCUT2D eigenvalue weighted by atomic mass is 9.98. The number of rotatable bonds is 11. The summed E-state index contributed by atoms with van der Waals surface area (Å²) in [6.07, 6.45) is 3.41. The minimum Gasteiger partial charge on any atom is -0.490 e. The molecular weight excluding hydrogens is 453 g/mol. The van der Waals surface area contributed by atoms with Crippen LogP contribution < -0.4 is 20.5 Å². The number of nitrogens with one attached hydrogen (secondary N) is 1. The molecule has 1 aliphatic heterocycles. The summed E-state index contributed by atoms with van der Waals surface area (Å²) >= 11 is 0. The van der Waals surface area contributed by atoms with Gasteiger partial charge >= 0.3 is 0 Å². The number of hydrogen-bond acceptors (Lipinski definition) is 5. The first kappa shape index (κ1) is 26.0. The first-order chi connectivity index (χ1) is 16.9. The van der Waals surface area contributed by atoms with E-state index in [2.05, 4.69) is 5.32 Å². The van der Waals surface area contributed by atoms with E-state index in [1.807, 2.05) is 6.92 Å². The Hall–Kier alpha value is -3.62. The van der Waals surface area contributed by atoms with E-state index in [0.717, 1.165) is 37.9 Å². The molecule has 35 heavy (non-hydrogen) atoms. The van der Waals surface area contributed by atoms with Crippen LogP contribution >= 0.6 is 0 Å². The number of carbonyl (C=O) groups is 3. The molecule has 3 rings (SSSR count). The summed E-state index contributed by atoms with van der Waals surface area (Å²) < 4.78 is 24.5. The van der Waals surface area contributed by atoms with Crippen molar-refractivity contribution in [3.05, 3.63) is 59.4 Å². The van der Waals surface area contributed by atoms with E-state index < -0.39 is 17.7 Å². The van der Waals surface area contributed by atoms with Crippen LogP contribution in [0.4, 0.5) is 4.39 Å². The quantitative estimate of drug-likeness (QED) is 0.508. The molecule has 0 radical (unpaired) electrons. The van der Waals surface area contributed by atoms with Crippen molar-refractivity contribution in [2.45, 2.75) is 32.6 Å². The average molecular weight is 486 g/mol. The highest BCUT2D eigenvalue weighted by atomic mass is 19.1. The van der Waals surface area contributed by atoms with Gasteiger partial charge in [0.25, 0.3) is 11.8 Å². The van der Waals surface area contributed by atoms with Crippen molar-refractivity contribution in [3.8, 4) is 11.5 Å². The van der Waals surface area contributed by atoms with Crippen LogP contribution in [0.15, 0.2) is 42.5 Å². The lowest BCUT2D eigenvalue weighted by Crippen LogP contribution is -2.38. The molecule has 8 nitrogen and oxygen atoms in total. The fourth-order valence-corrected chi connectivity index (χ4v) is 3.91. The molecule has 0 spiro atoms. The highest BCUT2D eigenvalue weighted by Gasteiger charge is 2.20. The Kier molecular flexibility index (Phi) is 9.46. The highest BCUT2D eigenvalue weighted by molar-refractivity contribution is 5.95. The maximum Gasteiger partial charge on any atom is 0.260 e. The maximum absolute atomic E-state index is 13.1. The zero-order valence-corrected chi connectivity index (χ0v) is 19.9. The van der Waals surface area contributed by atoms with Crippen LogP contribution in [-0.2, 0) is 16.0 Å². The number of benzene rings is 2. The van der Waals surface area contributed by atoms with Gasteiger partial charge in [-0.25, -0.2) is 4.39 Å². The van der Waals surface area contributed by atoms with Crippen LogP contribution in [0.5, 0.6) is 11.5 Å². The number of hydrogen-bond donors (Lipinski definition) is 2.